The first-order chi connectivity index (χ1) is 8.66. The molecule has 0 amide bonds. The molecule has 90 valence electrons. The molecule has 0 fully saturated rings. The maximum Gasteiger partial charge on any atom is 0.0478 e. The van der Waals surface area contributed by atoms with E-state index in [1.54, 1.807) is 0 Å². The van der Waals surface area contributed by atoms with Crippen molar-refractivity contribution in [1.82, 2.24) is 4.57 Å². The Morgan fingerprint density at radius 2 is 1.61 bits per heavy atom. The Labute approximate surface area is 108 Å². The maximum absolute atomic E-state index is 2.28. The molecule has 3 aromatic rings. The standard InChI is InChI=1S/C17H17N/c1-12-5-4-6-13(2)17(12)15-7-8-16-14(11-15)9-10-18(16)3/h4-11H,1-3H3. The molecule has 0 atom stereocenters. The molecule has 0 spiro atoms. The minimum Gasteiger partial charge on any atom is -0.351 e. The summed E-state index contributed by atoms with van der Waals surface area (Å²) >= 11 is 0. The van der Waals surface area contributed by atoms with E-state index in [9.17, 15) is 0 Å². The van der Waals surface area contributed by atoms with Crippen molar-refractivity contribution < 1.29 is 0 Å². The SMILES string of the molecule is Cc1cccc(C)c1-c1ccc2c(ccn2C)c1. The van der Waals surface area contributed by atoms with Crippen LogP contribution in [0.15, 0.2) is 48.7 Å². The van der Waals surface area contributed by atoms with E-state index >= 15 is 0 Å². The van der Waals surface area contributed by atoms with Gasteiger partial charge in [-0.2, -0.15) is 0 Å². The number of rotatable bonds is 1. The predicted octanol–water partition coefficient (Wildman–Crippen LogP) is 4.46. The Morgan fingerprint density at radius 1 is 0.889 bits per heavy atom. The lowest BCUT2D eigenvalue weighted by Crippen LogP contribution is -1.88. The molecule has 0 bridgehead atoms. The van der Waals surface area contributed by atoms with Gasteiger partial charge in [0.05, 0.1) is 0 Å². The normalized spacial score (nSPS) is 11.1. The van der Waals surface area contributed by atoms with Crippen LogP contribution in [0.5, 0.6) is 0 Å². The first kappa shape index (κ1) is 11.1. The van der Waals surface area contributed by atoms with Crippen molar-refractivity contribution in [3.63, 3.8) is 0 Å². The topological polar surface area (TPSA) is 4.93 Å². The summed E-state index contributed by atoms with van der Waals surface area (Å²) in [5.74, 6) is 0. The zero-order valence-electron chi connectivity index (χ0n) is 11.1. The number of aromatic nitrogens is 1. The van der Waals surface area contributed by atoms with Crippen LogP contribution in [0.25, 0.3) is 22.0 Å². The van der Waals surface area contributed by atoms with Gasteiger partial charge in [-0.15, -0.1) is 0 Å². The third-order valence-electron chi connectivity index (χ3n) is 3.66. The second-order valence-corrected chi connectivity index (χ2v) is 4.97. The van der Waals surface area contributed by atoms with Gasteiger partial charge in [0.25, 0.3) is 0 Å². The van der Waals surface area contributed by atoms with Crippen LogP contribution in [0.1, 0.15) is 11.1 Å². The lowest BCUT2D eigenvalue weighted by atomic mass is 9.95. The monoisotopic (exact) mass is 235 g/mol. The van der Waals surface area contributed by atoms with Crippen LogP contribution in [-0.4, -0.2) is 4.57 Å². The Morgan fingerprint density at radius 3 is 2.33 bits per heavy atom. The van der Waals surface area contributed by atoms with Crippen molar-refractivity contribution >= 4 is 10.9 Å². The summed E-state index contributed by atoms with van der Waals surface area (Å²) < 4.78 is 2.16. The van der Waals surface area contributed by atoms with Gasteiger partial charge in [0.2, 0.25) is 0 Å². The highest BCUT2D eigenvalue weighted by Crippen LogP contribution is 2.29. The Bertz CT molecular complexity index is 699. The van der Waals surface area contributed by atoms with E-state index in [2.05, 4.69) is 74.1 Å². The van der Waals surface area contributed by atoms with Gasteiger partial charge in [0.15, 0.2) is 0 Å². The lowest BCUT2D eigenvalue weighted by molar-refractivity contribution is 0.969. The summed E-state index contributed by atoms with van der Waals surface area (Å²) in [5, 5.41) is 1.30. The average molecular weight is 235 g/mol. The third-order valence-corrected chi connectivity index (χ3v) is 3.66. The summed E-state index contributed by atoms with van der Waals surface area (Å²) in [6.07, 6.45) is 2.11. The highest BCUT2D eigenvalue weighted by molar-refractivity contribution is 5.86. The smallest absolute Gasteiger partial charge is 0.0478 e. The number of nitrogens with zero attached hydrogens (tertiary/aromatic N) is 1. The highest BCUT2D eigenvalue weighted by Gasteiger charge is 2.06. The second kappa shape index (κ2) is 4.02. The molecule has 0 aliphatic carbocycles. The fraction of sp³-hybridized carbons (Fsp3) is 0.176. The van der Waals surface area contributed by atoms with Crippen LogP contribution in [0.2, 0.25) is 0 Å². The molecule has 3 rings (SSSR count). The zero-order chi connectivity index (χ0) is 12.7. The van der Waals surface area contributed by atoms with E-state index in [0.717, 1.165) is 0 Å². The van der Waals surface area contributed by atoms with Crippen molar-refractivity contribution in [3.05, 3.63) is 59.8 Å². The zero-order valence-corrected chi connectivity index (χ0v) is 11.1. The summed E-state index contributed by atoms with van der Waals surface area (Å²) in [6, 6.07) is 15.4. The van der Waals surface area contributed by atoms with Crippen molar-refractivity contribution in [1.29, 1.82) is 0 Å². The molecular formula is C17H17N. The van der Waals surface area contributed by atoms with Crippen LogP contribution in [-0.2, 0) is 7.05 Å². The van der Waals surface area contributed by atoms with Crippen LogP contribution in [0.4, 0.5) is 0 Å². The van der Waals surface area contributed by atoms with Gasteiger partial charge >= 0.3 is 0 Å². The average Bonchev–Trinajstić information content (AvgIpc) is 2.71. The summed E-state index contributed by atoms with van der Waals surface area (Å²) in [5.41, 5.74) is 6.63. The third kappa shape index (κ3) is 1.63. The fourth-order valence-corrected chi connectivity index (χ4v) is 2.71. The van der Waals surface area contributed by atoms with Gasteiger partial charge in [-0.1, -0.05) is 24.3 Å². The van der Waals surface area contributed by atoms with E-state index < -0.39 is 0 Å². The Hall–Kier alpha value is -2.02. The minimum atomic E-state index is 1.28. The summed E-state index contributed by atoms with van der Waals surface area (Å²) in [7, 11) is 2.08. The van der Waals surface area contributed by atoms with Gasteiger partial charge in [-0.3, -0.25) is 0 Å². The van der Waals surface area contributed by atoms with E-state index in [4.69, 9.17) is 0 Å². The number of hydrogen-bond acceptors (Lipinski definition) is 0. The number of aryl methyl sites for hydroxylation is 3. The van der Waals surface area contributed by atoms with Gasteiger partial charge in [-0.25, -0.2) is 0 Å². The van der Waals surface area contributed by atoms with Gasteiger partial charge in [0.1, 0.15) is 0 Å². The first-order valence-electron chi connectivity index (χ1n) is 6.28. The Balaban J connectivity index is 2.26. The van der Waals surface area contributed by atoms with E-state index in [1.165, 1.54) is 33.2 Å². The number of hydrogen-bond donors (Lipinski definition) is 0. The molecule has 0 N–H and O–H groups in total. The minimum absolute atomic E-state index is 1.28. The van der Waals surface area contributed by atoms with Crippen molar-refractivity contribution in [2.75, 3.05) is 0 Å². The molecule has 0 unspecified atom stereocenters. The molecule has 0 aliphatic heterocycles. The molecule has 0 aliphatic rings. The molecule has 2 aromatic carbocycles. The molecule has 18 heavy (non-hydrogen) atoms. The van der Waals surface area contributed by atoms with E-state index in [0.29, 0.717) is 0 Å². The van der Waals surface area contributed by atoms with Crippen molar-refractivity contribution in [3.8, 4) is 11.1 Å². The quantitative estimate of drug-likeness (QED) is 0.586. The highest BCUT2D eigenvalue weighted by atomic mass is 14.9. The van der Waals surface area contributed by atoms with Crippen LogP contribution >= 0.6 is 0 Å². The molecule has 0 radical (unpaired) electrons. The second-order valence-electron chi connectivity index (χ2n) is 4.97. The Kier molecular flexibility index (Phi) is 2.48. The number of benzene rings is 2. The van der Waals surface area contributed by atoms with Gasteiger partial charge in [0, 0.05) is 24.1 Å². The maximum atomic E-state index is 2.28. The molecule has 0 saturated heterocycles. The van der Waals surface area contributed by atoms with E-state index in [-0.39, 0.29) is 0 Å². The van der Waals surface area contributed by atoms with Gasteiger partial charge in [-0.05, 0) is 54.3 Å². The molecule has 1 aromatic heterocycles. The largest absolute Gasteiger partial charge is 0.351 e. The lowest BCUT2D eigenvalue weighted by Gasteiger charge is -2.10. The van der Waals surface area contributed by atoms with Crippen molar-refractivity contribution in [2.24, 2.45) is 7.05 Å². The van der Waals surface area contributed by atoms with Crippen LogP contribution in [0.3, 0.4) is 0 Å². The molecule has 1 nitrogen and oxygen atoms in total. The molecule has 0 saturated carbocycles. The molecular weight excluding hydrogens is 218 g/mol. The van der Waals surface area contributed by atoms with E-state index in [1.807, 2.05) is 0 Å². The molecule has 1 heterocycles. The first-order valence-corrected chi connectivity index (χ1v) is 6.28. The fourth-order valence-electron chi connectivity index (χ4n) is 2.71. The summed E-state index contributed by atoms with van der Waals surface area (Å²) in [6.45, 7) is 4.36. The summed E-state index contributed by atoms with van der Waals surface area (Å²) in [4.78, 5) is 0. The number of fused-ring (bicyclic) bond motifs is 1. The van der Waals surface area contributed by atoms with Crippen LogP contribution < -0.4 is 0 Å². The van der Waals surface area contributed by atoms with Crippen LogP contribution in [0, 0.1) is 13.8 Å². The molecule has 1 heteroatoms. The van der Waals surface area contributed by atoms with Crippen molar-refractivity contribution in [2.45, 2.75) is 13.8 Å². The predicted molar refractivity (Wildman–Crippen MR) is 77.8 cm³/mol. The van der Waals surface area contributed by atoms with Gasteiger partial charge < -0.3 is 4.57 Å².